The molecule has 0 bridgehead atoms. The Kier molecular flexibility index (Phi) is 7.91. The molecule has 1 fully saturated rings. The molecule has 0 unspecified atom stereocenters. The Hall–Kier alpha value is -2.08. The highest BCUT2D eigenvalue weighted by molar-refractivity contribution is 5.93. The number of amides is 1. The molecule has 0 saturated carbocycles. The van der Waals surface area contributed by atoms with Gasteiger partial charge in [0.1, 0.15) is 5.75 Å². The molecule has 2 rings (SSSR count). The summed E-state index contributed by atoms with van der Waals surface area (Å²) in [7, 11) is 0. The zero-order valence-corrected chi connectivity index (χ0v) is 16.0. The molecule has 1 amide bonds. The van der Waals surface area contributed by atoms with Gasteiger partial charge in [-0.15, -0.1) is 0 Å². The van der Waals surface area contributed by atoms with Crippen molar-refractivity contribution in [1.29, 1.82) is 0 Å². The van der Waals surface area contributed by atoms with Crippen LogP contribution in [0.4, 0.5) is 5.69 Å². The predicted molar refractivity (Wildman–Crippen MR) is 101 cm³/mol. The van der Waals surface area contributed by atoms with Gasteiger partial charge in [0.2, 0.25) is 5.91 Å². The zero-order chi connectivity index (χ0) is 18.9. The van der Waals surface area contributed by atoms with Crippen LogP contribution in [-0.2, 0) is 14.3 Å². The summed E-state index contributed by atoms with van der Waals surface area (Å²) >= 11 is 0. The molecule has 0 atom stereocenters. The number of likely N-dealkylation sites (tertiary alicyclic amines) is 1. The number of hydrogen-bond acceptors (Lipinski definition) is 5. The topological polar surface area (TPSA) is 67.9 Å². The van der Waals surface area contributed by atoms with Crippen molar-refractivity contribution in [3.05, 3.63) is 24.3 Å². The lowest BCUT2D eigenvalue weighted by molar-refractivity contribution is -0.149. The Balaban J connectivity index is 1.82. The van der Waals surface area contributed by atoms with E-state index in [1.807, 2.05) is 31.2 Å². The van der Waals surface area contributed by atoms with E-state index in [0.717, 1.165) is 25.9 Å². The number of para-hydroxylation sites is 2. The first-order valence-corrected chi connectivity index (χ1v) is 9.40. The number of nitrogens with zero attached hydrogens (tertiary/aromatic N) is 1. The zero-order valence-electron chi connectivity index (χ0n) is 16.0. The molecule has 0 aliphatic carbocycles. The van der Waals surface area contributed by atoms with E-state index in [1.54, 1.807) is 0 Å². The number of hydrogen-bond donors (Lipinski definition) is 1. The summed E-state index contributed by atoms with van der Waals surface area (Å²) in [5.41, 5.74) is 0.694. The summed E-state index contributed by atoms with van der Waals surface area (Å²) in [6.07, 6.45) is 1.47. The van der Waals surface area contributed by atoms with Crippen molar-refractivity contribution in [3.8, 4) is 5.75 Å². The number of ether oxygens (including phenoxy) is 2. The molecule has 144 valence electrons. The van der Waals surface area contributed by atoms with Crippen LogP contribution < -0.4 is 10.1 Å². The highest BCUT2D eigenvalue weighted by Crippen LogP contribution is 2.24. The largest absolute Gasteiger partial charge is 0.491 e. The molecule has 1 N–H and O–H groups in total. The number of piperidine rings is 1. The summed E-state index contributed by atoms with van der Waals surface area (Å²) < 4.78 is 10.9. The minimum atomic E-state index is -0.118. The van der Waals surface area contributed by atoms with Gasteiger partial charge in [0.25, 0.3) is 0 Å². The third kappa shape index (κ3) is 6.33. The molecule has 1 aromatic carbocycles. The van der Waals surface area contributed by atoms with Gasteiger partial charge in [0, 0.05) is 0 Å². The molecule has 0 aromatic heterocycles. The molecular formula is C20H30N2O4. The minimum Gasteiger partial charge on any atom is -0.491 e. The van der Waals surface area contributed by atoms with Crippen LogP contribution in [-0.4, -0.2) is 49.6 Å². The fraction of sp³-hybridized carbons (Fsp3) is 0.600. The normalized spacial score (nSPS) is 15.7. The lowest BCUT2D eigenvalue weighted by Crippen LogP contribution is -2.41. The van der Waals surface area contributed by atoms with Crippen LogP contribution in [0.5, 0.6) is 5.75 Å². The average molecular weight is 362 g/mol. The van der Waals surface area contributed by atoms with Crippen molar-refractivity contribution < 1.29 is 19.1 Å². The van der Waals surface area contributed by atoms with Crippen LogP contribution in [0, 0.1) is 11.8 Å². The summed E-state index contributed by atoms with van der Waals surface area (Å²) in [4.78, 5) is 26.2. The smallest absolute Gasteiger partial charge is 0.309 e. The first kappa shape index (κ1) is 20.2. The number of anilines is 1. The van der Waals surface area contributed by atoms with Gasteiger partial charge < -0.3 is 14.8 Å². The molecule has 6 nitrogen and oxygen atoms in total. The Bertz CT molecular complexity index is 595. The molecule has 1 aliphatic rings. The second-order valence-electron chi connectivity index (χ2n) is 7.05. The van der Waals surface area contributed by atoms with Gasteiger partial charge >= 0.3 is 5.97 Å². The molecule has 6 heteroatoms. The van der Waals surface area contributed by atoms with Crippen LogP contribution in [0.25, 0.3) is 0 Å². The minimum absolute atomic E-state index is 0.0422. The number of carbonyl (C=O) groups is 2. The maximum atomic E-state index is 12.4. The van der Waals surface area contributed by atoms with E-state index < -0.39 is 0 Å². The van der Waals surface area contributed by atoms with Gasteiger partial charge in [0.05, 0.1) is 31.4 Å². The van der Waals surface area contributed by atoms with Crippen molar-refractivity contribution >= 4 is 17.6 Å². The fourth-order valence-electron chi connectivity index (χ4n) is 2.93. The van der Waals surface area contributed by atoms with Crippen molar-refractivity contribution in [2.24, 2.45) is 11.8 Å². The fourth-order valence-corrected chi connectivity index (χ4v) is 2.93. The number of rotatable bonds is 8. The monoisotopic (exact) mass is 362 g/mol. The number of benzene rings is 1. The van der Waals surface area contributed by atoms with Gasteiger partial charge in [-0.3, -0.25) is 14.5 Å². The van der Waals surface area contributed by atoms with Gasteiger partial charge in [-0.1, -0.05) is 26.0 Å². The summed E-state index contributed by atoms with van der Waals surface area (Å²) in [6.45, 7) is 8.77. The third-order valence-corrected chi connectivity index (χ3v) is 4.31. The Morgan fingerprint density at radius 3 is 2.58 bits per heavy atom. The third-order valence-electron chi connectivity index (χ3n) is 4.31. The van der Waals surface area contributed by atoms with Crippen LogP contribution in [0.3, 0.4) is 0 Å². The second kappa shape index (κ2) is 10.2. The summed E-state index contributed by atoms with van der Waals surface area (Å²) in [5.74, 6) is 0.877. The average Bonchev–Trinajstić information content (AvgIpc) is 2.61. The first-order chi connectivity index (χ1) is 12.5. The number of esters is 1. The van der Waals surface area contributed by atoms with Crippen LogP contribution in [0.1, 0.15) is 33.6 Å². The second-order valence-corrected chi connectivity index (χ2v) is 7.05. The quantitative estimate of drug-likeness (QED) is 0.720. The van der Waals surface area contributed by atoms with E-state index in [-0.39, 0.29) is 17.8 Å². The van der Waals surface area contributed by atoms with E-state index in [2.05, 4.69) is 24.1 Å². The van der Waals surface area contributed by atoms with Gasteiger partial charge in [-0.2, -0.15) is 0 Å². The molecule has 26 heavy (non-hydrogen) atoms. The lowest BCUT2D eigenvalue weighted by Gasteiger charge is -2.30. The maximum Gasteiger partial charge on any atom is 0.309 e. The number of nitrogens with one attached hydrogen (secondary N) is 1. The van der Waals surface area contributed by atoms with Gasteiger partial charge in [-0.25, -0.2) is 0 Å². The molecule has 1 saturated heterocycles. The summed E-state index contributed by atoms with van der Waals surface area (Å²) in [6, 6.07) is 7.48. The molecule has 1 aromatic rings. The van der Waals surface area contributed by atoms with E-state index in [9.17, 15) is 9.59 Å². The molecule has 1 heterocycles. The van der Waals surface area contributed by atoms with Crippen LogP contribution in [0.15, 0.2) is 24.3 Å². The van der Waals surface area contributed by atoms with Crippen molar-refractivity contribution in [3.63, 3.8) is 0 Å². The first-order valence-electron chi connectivity index (χ1n) is 9.40. The Morgan fingerprint density at radius 1 is 1.23 bits per heavy atom. The molecule has 1 aliphatic heterocycles. The molecule has 0 spiro atoms. The Morgan fingerprint density at radius 2 is 1.92 bits per heavy atom. The highest BCUT2D eigenvalue weighted by Gasteiger charge is 2.26. The van der Waals surface area contributed by atoms with Gasteiger partial charge in [0.15, 0.2) is 0 Å². The molecular weight excluding hydrogens is 332 g/mol. The van der Waals surface area contributed by atoms with Crippen LogP contribution >= 0.6 is 0 Å². The SMILES string of the molecule is CCOC(=O)C1CCN(CC(=O)Nc2ccccc2OCC(C)C)CC1. The van der Waals surface area contributed by atoms with Crippen molar-refractivity contribution in [2.45, 2.75) is 33.6 Å². The Labute approximate surface area is 155 Å². The standard InChI is InChI=1S/C20H30N2O4/c1-4-25-20(24)16-9-11-22(12-10-16)13-19(23)21-17-7-5-6-8-18(17)26-14-15(2)3/h5-8,15-16H,4,9-14H2,1-3H3,(H,21,23). The summed E-state index contributed by atoms with van der Waals surface area (Å²) in [5, 5.41) is 2.94. The van der Waals surface area contributed by atoms with Crippen molar-refractivity contribution in [2.75, 3.05) is 38.2 Å². The maximum absolute atomic E-state index is 12.4. The highest BCUT2D eigenvalue weighted by atomic mass is 16.5. The van der Waals surface area contributed by atoms with E-state index in [0.29, 0.717) is 37.1 Å². The lowest BCUT2D eigenvalue weighted by atomic mass is 9.97. The van der Waals surface area contributed by atoms with E-state index >= 15 is 0 Å². The van der Waals surface area contributed by atoms with E-state index in [1.165, 1.54) is 0 Å². The van der Waals surface area contributed by atoms with Gasteiger partial charge in [-0.05, 0) is 50.9 Å². The number of carbonyl (C=O) groups excluding carboxylic acids is 2. The molecule has 0 radical (unpaired) electrons. The van der Waals surface area contributed by atoms with E-state index in [4.69, 9.17) is 9.47 Å². The van der Waals surface area contributed by atoms with Crippen molar-refractivity contribution in [1.82, 2.24) is 4.90 Å². The van der Waals surface area contributed by atoms with Crippen LogP contribution in [0.2, 0.25) is 0 Å². The predicted octanol–water partition coefficient (Wildman–Crippen LogP) is 2.94.